The number of pyridine rings is 1. The second-order valence-electron chi connectivity index (χ2n) is 2.52. The fourth-order valence-corrected chi connectivity index (χ4v) is 1.78. The van der Waals surface area contributed by atoms with Gasteiger partial charge in [0.25, 0.3) is 5.78 Å². The molecule has 0 fully saturated rings. The van der Waals surface area contributed by atoms with E-state index in [1.807, 2.05) is 0 Å². The molecule has 2 aromatic heterocycles. The lowest BCUT2D eigenvalue weighted by molar-refractivity contribution is -0.131. The third-order valence-electron chi connectivity index (χ3n) is 1.64. The fraction of sp³-hybridized carbons (Fsp3) is 0. The highest BCUT2D eigenvalue weighted by molar-refractivity contribution is 7.10. The minimum Gasteiger partial charge on any atom is -0.475 e. The molecular weight excluding hydrogens is 204 g/mol. The van der Waals surface area contributed by atoms with Crippen LogP contribution in [0.3, 0.4) is 0 Å². The summed E-state index contributed by atoms with van der Waals surface area (Å²) in [4.78, 5) is 25.6. The average Bonchev–Trinajstić information content (AvgIpc) is 2.60. The molecule has 2 aromatic rings. The Balaban J connectivity index is 2.64. The van der Waals surface area contributed by atoms with Crippen molar-refractivity contribution in [1.29, 1.82) is 0 Å². The number of ketones is 1. The monoisotopic (exact) mass is 208 g/mol. The normalized spacial score (nSPS) is 10.3. The molecule has 0 aliphatic heterocycles. The van der Waals surface area contributed by atoms with Crippen molar-refractivity contribution >= 4 is 34.3 Å². The molecule has 0 aromatic carbocycles. The number of carboxylic acids is 1. The molecule has 2 rings (SSSR count). The Bertz CT molecular complexity index is 520. The molecule has 0 spiro atoms. The zero-order valence-electron chi connectivity index (χ0n) is 6.80. The first-order valence-electron chi connectivity index (χ1n) is 3.68. The zero-order valence-corrected chi connectivity index (χ0v) is 7.61. The topological polar surface area (TPSA) is 80.1 Å². The molecular formula is C8H4N2O3S. The van der Waals surface area contributed by atoms with Crippen LogP contribution in [-0.2, 0) is 4.79 Å². The van der Waals surface area contributed by atoms with E-state index < -0.39 is 11.8 Å². The number of aromatic nitrogens is 2. The summed E-state index contributed by atoms with van der Waals surface area (Å²) in [6.45, 7) is 0. The van der Waals surface area contributed by atoms with Gasteiger partial charge in [-0.2, -0.15) is 4.37 Å². The number of carbonyl (C=O) groups is 2. The molecule has 0 amide bonds. The van der Waals surface area contributed by atoms with Crippen molar-refractivity contribution in [3.05, 3.63) is 23.2 Å². The second kappa shape index (κ2) is 3.15. The third kappa shape index (κ3) is 1.25. The first kappa shape index (κ1) is 8.76. The van der Waals surface area contributed by atoms with E-state index in [0.717, 1.165) is 11.5 Å². The van der Waals surface area contributed by atoms with Crippen LogP contribution >= 0.6 is 11.5 Å². The predicted octanol–water partition coefficient (Wildman–Crippen LogP) is 0.959. The zero-order chi connectivity index (χ0) is 10.1. The van der Waals surface area contributed by atoms with Gasteiger partial charge in [0.05, 0.1) is 0 Å². The van der Waals surface area contributed by atoms with E-state index >= 15 is 0 Å². The Hall–Kier alpha value is -1.82. The number of hydrogen-bond donors (Lipinski definition) is 1. The Morgan fingerprint density at radius 1 is 1.43 bits per heavy atom. The Morgan fingerprint density at radius 3 is 2.93 bits per heavy atom. The summed E-state index contributed by atoms with van der Waals surface area (Å²) in [5.74, 6) is -2.45. The maximum Gasteiger partial charge on any atom is 0.378 e. The molecule has 0 saturated carbocycles. The van der Waals surface area contributed by atoms with Crippen LogP contribution in [-0.4, -0.2) is 26.2 Å². The largest absolute Gasteiger partial charge is 0.475 e. The van der Waals surface area contributed by atoms with Crippen molar-refractivity contribution < 1.29 is 14.7 Å². The van der Waals surface area contributed by atoms with Gasteiger partial charge in [-0.1, -0.05) is 0 Å². The number of aliphatic carboxylic acids is 1. The van der Waals surface area contributed by atoms with Gasteiger partial charge in [-0.25, -0.2) is 4.79 Å². The van der Waals surface area contributed by atoms with E-state index in [-0.39, 0.29) is 4.88 Å². The highest BCUT2D eigenvalue weighted by Gasteiger charge is 2.21. The summed E-state index contributed by atoms with van der Waals surface area (Å²) in [6.07, 6.45) is 1.50. The van der Waals surface area contributed by atoms with Crippen LogP contribution < -0.4 is 0 Å². The van der Waals surface area contributed by atoms with Crippen molar-refractivity contribution in [3.8, 4) is 0 Å². The number of carboxylic acid groups (broad SMARTS) is 1. The molecule has 0 aliphatic rings. The van der Waals surface area contributed by atoms with Gasteiger partial charge in [0.2, 0.25) is 0 Å². The molecule has 0 atom stereocenters. The lowest BCUT2D eigenvalue weighted by atomic mass is 10.2. The molecule has 0 saturated heterocycles. The van der Waals surface area contributed by atoms with Gasteiger partial charge >= 0.3 is 5.97 Å². The smallest absolute Gasteiger partial charge is 0.378 e. The molecule has 14 heavy (non-hydrogen) atoms. The van der Waals surface area contributed by atoms with E-state index in [4.69, 9.17) is 5.11 Å². The molecule has 0 bridgehead atoms. The summed E-state index contributed by atoms with van der Waals surface area (Å²) >= 11 is 0.856. The van der Waals surface area contributed by atoms with Gasteiger partial charge in [0, 0.05) is 6.20 Å². The summed E-state index contributed by atoms with van der Waals surface area (Å²) in [5, 5.41) is 8.51. The Kier molecular flexibility index (Phi) is 1.97. The SMILES string of the molecule is O=C(O)C(=O)c1snc2cccnc12. The summed E-state index contributed by atoms with van der Waals surface area (Å²) in [6, 6.07) is 3.36. The maximum atomic E-state index is 11.2. The van der Waals surface area contributed by atoms with Crippen LogP contribution in [0.4, 0.5) is 0 Å². The highest BCUT2D eigenvalue weighted by atomic mass is 32.1. The first-order chi connectivity index (χ1) is 6.70. The molecule has 1 N–H and O–H groups in total. The van der Waals surface area contributed by atoms with E-state index in [1.54, 1.807) is 12.1 Å². The third-order valence-corrected chi connectivity index (χ3v) is 2.49. The fourth-order valence-electron chi connectivity index (χ4n) is 1.03. The van der Waals surface area contributed by atoms with Gasteiger partial charge < -0.3 is 5.11 Å². The molecule has 5 nitrogen and oxygen atoms in total. The summed E-state index contributed by atoms with van der Waals surface area (Å²) in [7, 11) is 0. The lowest BCUT2D eigenvalue weighted by Crippen LogP contribution is -2.11. The highest BCUT2D eigenvalue weighted by Crippen LogP contribution is 2.19. The van der Waals surface area contributed by atoms with Crippen LogP contribution in [0.25, 0.3) is 11.0 Å². The van der Waals surface area contributed by atoms with E-state index in [1.165, 1.54) is 6.20 Å². The van der Waals surface area contributed by atoms with E-state index in [9.17, 15) is 9.59 Å². The average molecular weight is 208 g/mol. The van der Waals surface area contributed by atoms with Gasteiger partial charge in [-0.05, 0) is 23.7 Å². The molecule has 0 radical (unpaired) electrons. The predicted molar refractivity (Wildman–Crippen MR) is 49.4 cm³/mol. The van der Waals surface area contributed by atoms with Crippen LogP contribution in [0.1, 0.15) is 9.67 Å². The summed E-state index contributed by atoms with van der Waals surface area (Å²) < 4.78 is 3.92. The second-order valence-corrected chi connectivity index (χ2v) is 3.29. The maximum absolute atomic E-state index is 11.2. The molecule has 6 heteroatoms. The number of rotatable bonds is 2. The van der Waals surface area contributed by atoms with Crippen molar-refractivity contribution in [2.24, 2.45) is 0 Å². The van der Waals surface area contributed by atoms with Crippen LogP contribution in [0.2, 0.25) is 0 Å². The Labute approximate surface area is 82.2 Å². The van der Waals surface area contributed by atoms with E-state index in [0.29, 0.717) is 11.0 Å². The number of nitrogens with zero attached hydrogens (tertiary/aromatic N) is 2. The van der Waals surface area contributed by atoms with Crippen LogP contribution in [0, 0.1) is 0 Å². The van der Waals surface area contributed by atoms with Crippen molar-refractivity contribution in [2.45, 2.75) is 0 Å². The lowest BCUT2D eigenvalue weighted by Gasteiger charge is -1.89. The Morgan fingerprint density at radius 2 is 2.21 bits per heavy atom. The minimum atomic E-state index is -1.48. The minimum absolute atomic E-state index is 0.0769. The van der Waals surface area contributed by atoms with Crippen molar-refractivity contribution in [1.82, 2.24) is 9.36 Å². The van der Waals surface area contributed by atoms with Gasteiger partial charge in [0.1, 0.15) is 15.9 Å². The van der Waals surface area contributed by atoms with Gasteiger partial charge in [-0.15, -0.1) is 0 Å². The number of carbonyl (C=O) groups excluding carboxylic acids is 1. The quantitative estimate of drug-likeness (QED) is 0.587. The number of hydrogen-bond acceptors (Lipinski definition) is 5. The van der Waals surface area contributed by atoms with Gasteiger partial charge in [-0.3, -0.25) is 9.78 Å². The molecule has 0 aliphatic carbocycles. The van der Waals surface area contributed by atoms with Crippen LogP contribution in [0.5, 0.6) is 0 Å². The molecule has 70 valence electrons. The van der Waals surface area contributed by atoms with Crippen molar-refractivity contribution in [2.75, 3.05) is 0 Å². The standard InChI is InChI=1S/C8H4N2O3S/c11-6(8(12)13)7-5-4(10-14-7)2-1-3-9-5/h1-3H,(H,12,13). The molecule has 2 heterocycles. The van der Waals surface area contributed by atoms with Crippen LogP contribution in [0.15, 0.2) is 18.3 Å². The number of Topliss-reactive ketones (excluding diaryl/α,β-unsaturated/α-hetero) is 1. The van der Waals surface area contributed by atoms with E-state index in [2.05, 4.69) is 9.36 Å². The van der Waals surface area contributed by atoms with Crippen molar-refractivity contribution in [3.63, 3.8) is 0 Å². The van der Waals surface area contributed by atoms with Gasteiger partial charge in [0.15, 0.2) is 0 Å². The number of fused-ring (bicyclic) bond motifs is 1. The first-order valence-corrected chi connectivity index (χ1v) is 4.45. The molecule has 0 unspecified atom stereocenters. The summed E-state index contributed by atoms with van der Waals surface area (Å²) in [5.41, 5.74) is 0.895.